The van der Waals surface area contributed by atoms with E-state index < -0.39 is 0 Å². The molecule has 3 aromatic rings. The summed E-state index contributed by atoms with van der Waals surface area (Å²) in [5.74, 6) is 1.97. The van der Waals surface area contributed by atoms with Crippen molar-refractivity contribution < 1.29 is 4.79 Å². The Morgan fingerprint density at radius 1 is 1.07 bits per heavy atom. The summed E-state index contributed by atoms with van der Waals surface area (Å²) in [6, 6.07) is 9.70. The van der Waals surface area contributed by atoms with Crippen LogP contribution in [0.15, 0.2) is 36.5 Å². The van der Waals surface area contributed by atoms with Crippen LogP contribution in [0.5, 0.6) is 0 Å². The highest BCUT2D eigenvalue weighted by Crippen LogP contribution is 2.33. The van der Waals surface area contributed by atoms with E-state index in [0.29, 0.717) is 5.56 Å². The lowest BCUT2D eigenvalue weighted by Gasteiger charge is -2.36. The number of nitrogens with zero attached hydrogens (tertiary/aromatic N) is 6. The molecule has 144 valence electrons. The van der Waals surface area contributed by atoms with E-state index in [-0.39, 0.29) is 11.9 Å². The summed E-state index contributed by atoms with van der Waals surface area (Å²) in [4.78, 5) is 22.3. The van der Waals surface area contributed by atoms with Crippen LogP contribution in [0, 0.1) is 0 Å². The van der Waals surface area contributed by atoms with Crippen LogP contribution in [0.25, 0.3) is 10.9 Å². The number of likely N-dealkylation sites (tertiary alicyclic amines) is 1. The maximum absolute atomic E-state index is 13.6. The van der Waals surface area contributed by atoms with E-state index in [1.165, 1.54) is 0 Å². The highest BCUT2D eigenvalue weighted by atomic mass is 16.2. The fourth-order valence-corrected chi connectivity index (χ4v) is 4.42. The second-order valence-corrected chi connectivity index (χ2v) is 7.75. The predicted octanol–water partition coefficient (Wildman–Crippen LogP) is 2.64. The van der Waals surface area contributed by atoms with Crippen molar-refractivity contribution >= 4 is 16.8 Å². The Labute approximate surface area is 164 Å². The van der Waals surface area contributed by atoms with Crippen LogP contribution < -0.4 is 0 Å². The zero-order valence-corrected chi connectivity index (χ0v) is 16.1. The van der Waals surface area contributed by atoms with Crippen molar-refractivity contribution in [2.75, 3.05) is 20.1 Å². The van der Waals surface area contributed by atoms with Crippen molar-refractivity contribution in [3.05, 3.63) is 53.7 Å². The lowest BCUT2D eigenvalue weighted by atomic mass is 9.99. The first kappa shape index (κ1) is 17.3. The topological polar surface area (TPSA) is 67.2 Å². The van der Waals surface area contributed by atoms with Crippen molar-refractivity contribution in [1.82, 2.24) is 29.5 Å². The number of piperidine rings is 1. The highest BCUT2D eigenvalue weighted by molar-refractivity contribution is 6.05. The van der Waals surface area contributed by atoms with E-state index in [2.05, 4.69) is 31.7 Å². The molecule has 28 heavy (non-hydrogen) atoms. The standard InChI is InChI=1S/C21H24N6O/c1-25-12-13-27-18(14-25)23-24-20(27)17-9-2-3-11-26(17)21(28)16-8-4-6-15-7-5-10-22-19(15)16/h4-8,10,17H,2-3,9,11-14H2,1H3/t17-/m1/s1. The molecule has 0 unspecified atom stereocenters. The molecule has 0 bridgehead atoms. The molecule has 0 N–H and O–H groups in total. The fraction of sp³-hybridized carbons (Fsp3) is 0.429. The van der Waals surface area contributed by atoms with Crippen LogP contribution in [0.2, 0.25) is 0 Å². The Hall–Kier alpha value is -2.80. The van der Waals surface area contributed by atoms with Crippen LogP contribution in [0.1, 0.15) is 47.3 Å². The average molecular weight is 376 g/mol. The number of hydrogen-bond donors (Lipinski definition) is 0. The Balaban J connectivity index is 1.52. The van der Waals surface area contributed by atoms with Gasteiger partial charge in [0.25, 0.3) is 5.91 Å². The zero-order chi connectivity index (χ0) is 19.1. The molecule has 5 rings (SSSR count). The van der Waals surface area contributed by atoms with Gasteiger partial charge in [-0.1, -0.05) is 18.2 Å². The van der Waals surface area contributed by atoms with E-state index in [4.69, 9.17) is 0 Å². The Bertz CT molecular complexity index is 1020. The number of likely N-dealkylation sites (N-methyl/N-ethyl adjacent to an activating group) is 1. The predicted molar refractivity (Wildman–Crippen MR) is 106 cm³/mol. The third kappa shape index (κ3) is 2.86. The van der Waals surface area contributed by atoms with Crippen LogP contribution in [0.4, 0.5) is 0 Å². The van der Waals surface area contributed by atoms with Gasteiger partial charge in [0.05, 0.1) is 23.7 Å². The lowest BCUT2D eigenvalue weighted by molar-refractivity contribution is 0.0593. The molecule has 1 aromatic carbocycles. The van der Waals surface area contributed by atoms with Crippen LogP contribution in [0.3, 0.4) is 0 Å². The number of carbonyl (C=O) groups is 1. The number of rotatable bonds is 2. The van der Waals surface area contributed by atoms with Crippen LogP contribution in [-0.4, -0.2) is 55.6 Å². The van der Waals surface area contributed by atoms with E-state index in [1.807, 2.05) is 35.2 Å². The number of fused-ring (bicyclic) bond motifs is 2. The molecule has 2 aromatic heterocycles. The largest absolute Gasteiger partial charge is 0.328 e. The quantitative estimate of drug-likeness (QED) is 0.688. The molecular weight excluding hydrogens is 352 g/mol. The normalized spacial score (nSPS) is 20.3. The van der Waals surface area contributed by atoms with Crippen molar-refractivity contribution in [2.45, 2.75) is 38.4 Å². The van der Waals surface area contributed by atoms with E-state index in [0.717, 1.165) is 68.0 Å². The third-order valence-electron chi connectivity index (χ3n) is 5.90. The van der Waals surface area contributed by atoms with Crippen LogP contribution in [-0.2, 0) is 13.1 Å². The maximum Gasteiger partial charge on any atom is 0.256 e. The fourth-order valence-electron chi connectivity index (χ4n) is 4.42. The molecule has 7 nitrogen and oxygen atoms in total. The van der Waals surface area contributed by atoms with Gasteiger partial charge in [0.1, 0.15) is 5.82 Å². The minimum Gasteiger partial charge on any atom is -0.328 e. The van der Waals surface area contributed by atoms with Crippen molar-refractivity contribution in [2.24, 2.45) is 0 Å². The molecule has 1 fully saturated rings. The summed E-state index contributed by atoms with van der Waals surface area (Å²) in [5, 5.41) is 9.93. The first-order valence-electron chi connectivity index (χ1n) is 9.97. The Morgan fingerprint density at radius 3 is 2.89 bits per heavy atom. The van der Waals surface area contributed by atoms with Gasteiger partial charge in [0.2, 0.25) is 0 Å². The molecular formula is C21H24N6O. The van der Waals surface area contributed by atoms with E-state index in [9.17, 15) is 4.79 Å². The van der Waals surface area contributed by atoms with Gasteiger partial charge >= 0.3 is 0 Å². The molecule has 1 saturated heterocycles. The summed E-state index contributed by atoms with van der Waals surface area (Å²) in [6.45, 7) is 3.41. The maximum atomic E-state index is 13.6. The molecule has 7 heteroatoms. The first-order chi connectivity index (χ1) is 13.7. The number of amides is 1. The molecule has 2 aliphatic heterocycles. The van der Waals surface area contributed by atoms with Crippen LogP contribution >= 0.6 is 0 Å². The zero-order valence-electron chi connectivity index (χ0n) is 16.1. The Morgan fingerprint density at radius 2 is 1.96 bits per heavy atom. The molecule has 0 spiro atoms. The third-order valence-corrected chi connectivity index (χ3v) is 5.90. The van der Waals surface area contributed by atoms with Gasteiger partial charge in [-0.2, -0.15) is 0 Å². The van der Waals surface area contributed by atoms with Gasteiger partial charge in [-0.25, -0.2) is 0 Å². The SMILES string of the molecule is CN1CCn2c(nnc2[C@H]2CCCCN2C(=O)c2cccc3cccnc23)C1. The highest BCUT2D eigenvalue weighted by Gasteiger charge is 2.34. The minimum atomic E-state index is -0.0233. The van der Waals surface area contributed by atoms with Crippen molar-refractivity contribution in [3.63, 3.8) is 0 Å². The van der Waals surface area contributed by atoms with Crippen molar-refractivity contribution in [3.8, 4) is 0 Å². The van der Waals surface area contributed by atoms with Crippen molar-refractivity contribution in [1.29, 1.82) is 0 Å². The summed E-state index contributed by atoms with van der Waals surface area (Å²) in [6.07, 6.45) is 4.80. The minimum absolute atomic E-state index is 0.0233. The molecule has 0 aliphatic carbocycles. The molecule has 1 amide bonds. The molecule has 1 atom stereocenters. The van der Waals surface area contributed by atoms with Gasteiger partial charge in [-0.05, 0) is 38.4 Å². The van der Waals surface area contributed by atoms with E-state index >= 15 is 0 Å². The monoisotopic (exact) mass is 376 g/mol. The van der Waals surface area contributed by atoms with Gasteiger partial charge < -0.3 is 9.47 Å². The number of benzene rings is 1. The summed E-state index contributed by atoms with van der Waals surface area (Å²) in [5.41, 5.74) is 1.44. The summed E-state index contributed by atoms with van der Waals surface area (Å²) >= 11 is 0. The van der Waals surface area contributed by atoms with E-state index in [1.54, 1.807) is 6.20 Å². The van der Waals surface area contributed by atoms with Gasteiger partial charge in [-0.3, -0.25) is 14.7 Å². The number of hydrogen-bond acceptors (Lipinski definition) is 5. The molecule has 0 saturated carbocycles. The summed E-state index contributed by atoms with van der Waals surface area (Å²) < 4.78 is 2.22. The van der Waals surface area contributed by atoms with Gasteiger partial charge in [-0.15, -0.1) is 10.2 Å². The number of carbonyl (C=O) groups excluding carboxylic acids is 1. The van der Waals surface area contributed by atoms with Gasteiger partial charge in [0.15, 0.2) is 5.82 Å². The Kier molecular flexibility index (Phi) is 4.31. The van der Waals surface area contributed by atoms with Gasteiger partial charge in [0, 0.05) is 31.2 Å². The summed E-state index contributed by atoms with van der Waals surface area (Å²) in [7, 11) is 2.10. The second-order valence-electron chi connectivity index (χ2n) is 7.75. The second kappa shape index (κ2) is 6.98. The number of para-hydroxylation sites is 1. The smallest absolute Gasteiger partial charge is 0.256 e. The number of pyridine rings is 1. The lowest BCUT2D eigenvalue weighted by Crippen LogP contribution is -2.41. The molecule has 2 aliphatic rings. The average Bonchev–Trinajstić information content (AvgIpc) is 3.15. The molecule has 4 heterocycles. The first-order valence-corrected chi connectivity index (χ1v) is 9.97. The molecule has 0 radical (unpaired) electrons. The number of aromatic nitrogens is 4.